The number of benzene rings is 1. The van der Waals surface area contributed by atoms with Crippen molar-refractivity contribution in [1.82, 2.24) is 0 Å². The molecule has 1 aromatic rings. The molecular weight excluding hydrogens is 228 g/mol. The van der Waals surface area contributed by atoms with Crippen LogP contribution in [0.5, 0.6) is 11.5 Å². The molecule has 2 rings (SSSR count). The van der Waals surface area contributed by atoms with Gasteiger partial charge in [-0.25, -0.2) is 0 Å². The monoisotopic (exact) mass is 250 g/mol. The van der Waals surface area contributed by atoms with Gasteiger partial charge in [0, 0.05) is 6.07 Å². The molecule has 0 spiro atoms. The molecule has 1 saturated carbocycles. The molecule has 1 aliphatic rings. The Morgan fingerprint density at radius 3 is 2.00 bits per heavy atom. The zero-order valence-electron chi connectivity index (χ0n) is 11.4. The minimum Gasteiger partial charge on any atom is -0.497 e. The van der Waals surface area contributed by atoms with Gasteiger partial charge >= 0.3 is 0 Å². The fraction of sp³-hybridized carbons (Fsp3) is 0.600. The molecule has 0 bridgehead atoms. The number of hydrogen-bond donors (Lipinski definition) is 1. The molecule has 0 heterocycles. The second kappa shape index (κ2) is 5.19. The maximum atomic E-state index is 10.6. The first-order valence-corrected chi connectivity index (χ1v) is 6.50. The number of aliphatic hydroxyl groups excluding tert-OH is 1. The lowest BCUT2D eigenvalue weighted by atomic mass is 9.79. The van der Waals surface area contributed by atoms with Crippen LogP contribution in [0.4, 0.5) is 0 Å². The van der Waals surface area contributed by atoms with E-state index in [1.54, 1.807) is 14.2 Å². The van der Waals surface area contributed by atoms with Gasteiger partial charge in [-0.1, -0.05) is 19.8 Å². The van der Waals surface area contributed by atoms with Crippen molar-refractivity contribution in [1.29, 1.82) is 0 Å². The molecule has 1 aliphatic carbocycles. The average molecular weight is 250 g/mol. The van der Waals surface area contributed by atoms with Crippen LogP contribution in [0.25, 0.3) is 0 Å². The Bertz CT molecular complexity index is 386. The fourth-order valence-electron chi connectivity index (χ4n) is 2.85. The second-order valence-electron chi connectivity index (χ2n) is 5.41. The van der Waals surface area contributed by atoms with Crippen LogP contribution in [0.15, 0.2) is 18.2 Å². The van der Waals surface area contributed by atoms with Gasteiger partial charge in [0.1, 0.15) is 11.5 Å². The van der Waals surface area contributed by atoms with Gasteiger partial charge in [-0.15, -0.1) is 0 Å². The SMILES string of the molecule is COc1cc(OC)cc(C(O)C2(C)CCCC2)c1. The molecule has 0 aliphatic heterocycles. The predicted molar refractivity (Wildman–Crippen MR) is 71.1 cm³/mol. The van der Waals surface area contributed by atoms with Gasteiger partial charge in [0.25, 0.3) is 0 Å². The molecule has 3 heteroatoms. The molecule has 0 radical (unpaired) electrons. The van der Waals surface area contributed by atoms with Gasteiger partial charge in [0.15, 0.2) is 0 Å². The molecular formula is C15H22O3. The summed E-state index contributed by atoms with van der Waals surface area (Å²) in [5, 5.41) is 10.6. The van der Waals surface area contributed by atoms with Crippen molar-refractivity contribution >= 4 is 0 Å². The molecule has 1 fully saturated rings. The van der Waals surface area contributed by atoms with Gasteiger partial charge in [-0.2, -0.15) is 0 Å². The highest BCUT2D eigenvalue weighted by molar-refractivity contribution is 5.40. The molecule has 0 aromatic heterocycles. The molecule has 18 heavy (non-hydrogen) atoms. The van der Waals surface area contributed by atoms with Crippen LogP contribution in [0.3, 0.4) is 0 Å². The smallest absolute Gasteiger partial charge is 0.122 e. The van der Waals surface area contributed by atoms with Gasteiger partial charge in [-0.3, -0.25) is 0 Å². The zero-order valence-corrected chi connectivity index (χ0v) is 11.4. The first kappa shape index (κ1) is 13.2. The lowest BCUT2D eigenvalue weighted by molar-refractivity contribution is 0.0405. The Balaban J connectivity index is 2.31. The summed E-state index contributed by atoms with van der Waals surface area (Å²) in [6.45, 7) is 2.16. The van der Waals surface area contributed by atoms with E-state index in [2.05, 4.69) is 6.92 Å². The van der Waals surface area contributed by atoms with Gasteiger partial charge in [0.2, 0.25) is 0 Å². The summed E-state index contributed by atoms with van der Waals surface area (Å²) in [5.41, 5.74) is 0.868. The first-order chi connectivity index (χ1) is 8.59. The van der Waals surface area contributed by atoms with Crippen molar-refractivity contribution in [2.75, 3.05) is 14.2 Å². The van der Waals surface area contributed by atoms with E-state index in [0.29, 0.717) is 0 Å². The van der Waals surface area contributed by atoms with Crippen LogP contribution in [0, 0.1) is 5.41 Å². The van der Waals surface area contributed by atoms with Crippen LogP contribution in [0.2, 0.25) is 0 Å². The van der Waals surface area contributed by atoms with E-state index in [0.717, 1.165) is 29.9 Å². The maximum Gasteiger partial charge on any atom is 0.122 e. The van der Waals surface area contributed by atoms with E-state index in [4.69, 9.17) is 9.47 Å². The minimum atomic E-state index is -0.455. The normalized spacial score (nSPS) is 19.6. The van der Waals surface area contributed by atoms with Gasteiger partial charge in [-0.05, 0) is 36.0 Å². The van der Waals surface area contributed by atoms with E-state index in [-0.39, 0.29) is 5.41 Å². The quantitative estimate of drug-likeness (QED) is 0.891. The van der Waals surface area contributed by atoms with Gasteiger partial charge in [0.05, 0.1) is 20.3 Å². The van der Waals surface area contributed by atoms with E-state index >= 15 is 0 Å². The summed E-state index contributed by atoms with van der Waals surface area (Å²) in [7, 11) is 3.25. The third-order valence-electron chi connectivity index (χ3n) is 4.10. The number of aliphatic hydroxyl groups is 1. The molecule has 1 unspecified atom stereocenters. The third-order valence-corrected chi connectivity index (χ3v) is 4.10. The van der Waals surface area contributed by atoms with Crippen molar-refractivity contribution in [3.05, 3.63) is 23.8 Å². The Hall–Kier alpha value is -1.22. The first-order valence-electron chi connectivity index (χ1n) is 6.50. The molecule has 0 amide bonds. The standard InChI is InChI=1S/C15H22O3/c1-15(6-4-5-7-15)14(16)11-8-12(17-2)10-13(9-11)18-3/h8-10,14,16H,4-7H2,1-3H3. The summed E-state index contributed by atoms with van der Waals surface area (Å²) in [6.07, 6.45) is 4.11. The number of methoxy groups -OCH3 is 2. The molecule has 100 valence electrons. The zero-order chi connectivity index (χ0) is 13.2. The second-order valence-corrected chi connectivity index (χ2v) is 5.41. The number of ether oxygens (including phenoxy) is 2. The third kappa shape index (κ3) is 2.46. The van der Waals surface area contributed by atoms with Crippen LogP contribution >= 0.6 is 0 Å². The van der Waals surface area contributed by atoms with Crippen molar-refractivity contribution < 1.29 is 14.6 Å². The van der Waals surface area contributed by atoms with Gasteiger partial charge < -0.3 is 14.6 Å². The number of hydrogen-bond acceptors (Lipinski definition) is 3. The van der Waals surface area contributed by atoms with Crippen LogP contribution < -0.4 is 9.47 Å². The van der Waals surface area contributed by atoms with Crippen molar-refractivity contribution in [3.8, 4) is 11.5 Å². The Labute approximate surface area is 109 Å². The Kier molecular flexibility index (Phi) is 3.81. The average Bonchev–Trinajstić information content (AvgIpc) is 2.85. The molecule has 3 nitrogen and oxygen atoms in total. The highest BCUT2D eigenvalue weighted by Crippen LogP contribution is 2.48. The predicted octanol–water partition coefficient (Wildman–Crippen LogP) is 3.32. The van der Waals surface area contributed by atoms with Crippen LogP contribution in [-0.2, 0) is 0 Å². The van der Waals surface area contributed by atoms with E-state index < -0.39 is 6.10 Å². The van der Waals surface area contributed by atoms with Crippen LogP contribution in [-0.4, -0.2) is 19.3 Å². The highest BCUT2D eigenvalue weighted by Gasteiger charge is 2.37. The maximum absolute atomic E-state index is 10.6. The Morgan fingerprint density at radius 1 is 1.06 bits per heavy atom. The minimum absolute atomic E-state index is 0.0165. The summed E-state index contributed by atoms with van der Waals surface area (Å²) in [4.78, 5) is 0. The summed E-state index contributed by atoms with van der Waals surface area (Å²) >= 11 is 0. The lowest BCUT2D eigenvalue weighted by Crippen LogP contribution is -2.22. The molecule has 1 aromatic carbocycles. The molecule has 1 N–H and O–H groups in total. The Morgan fingerprint density at radius 2 is 1.56 bits per heavy atom. The van der Waals surface area contributed by atoms with Crippen molar-refractivity contribution in [2.24, 2.45) is 5.41 Å². The van der Waals surface area contributed by atoms with E-state index in [1.807, 2.05) is 18.2 Å². The van der Waals surface area contributed by atoms with Crippen molar-refractivity contribution in [3.63, 3.8) is 0 Å². The number of rotatable bonds is 4. The summed E-state index contributed by atoms with van der Waals surface area (Å²) in [6, 6.07) is 5.63. The molecule has 1 atom stereocenters. The summed E-state index contributed by atoms with van der Waals surface area (Å²) < 4.78 is 10.5. The highest BCUT2D eigenvalue weighted by atomic mass is 16.5. The van der Waals surface area contributed by atoms with Crippen LogP contribution in [0.1, 0.15) is 44.3 Å². The van der Waals surface area contributed by atoms with Crippen molar-refractivity contribution in [2.45, 2.75) is 38.7 Å². The topological polar surface area (TPSA) is 38.7 Å². The largest absolute Gasteiger partial charge is 0.497 e. The van der Waals surface area contributed by atoms with E-state index in [9.17, 15) is 5.11 Å². The molecule has 0 saturated heterocycles. The summed E-state index contributed by atoms with van der Waals surface area (Å²) in [5.74, 6) is 1.45. The lowest BCUT2D eigenvalue weighted by Gasteiger charge is -2.30. The van der Waals surface area contributed by atoms with E-state index in [1.165, 1.54) is 12.8 Å². The fourth-order valence-corrected chi connectivity index (χ4v) is 2.85.